The zero-order valence-electron chi connectivity index (χ0n) is 14.5. The van der Waals surface area contributed by atoms with Gasteiger partial charge < -0.3 is 20.5 Å². The molecule has 0 atom stereocenters. The lowest BCUT2D eigenvalue weighted by molar-refractivity contribution is 0.274. The number of guanidine groups is 1. The van der Waals surface area contributed by atoms with Crippen molar-refractivity contribution >= 4 is 11.6 Å². The molecule has 0 saturated heterocycles. The number of nitrogens with one attached hydrogen (secondary N) is 1. The van der Waals surface area contributed by atoms with Crippen molar-refractivity contribution < 1.29 is 9.47 Å². The molecule has 0 radical (unpaired) electrons. The van der Waals surface area contributed by atoms with Crippen LogP contribution in [-0.4, -0.2) is 26.7 Å². The van der Waals surface area contributed by atoms with Gasteiger partial charge in [-0.2, -0.15) is 0 Å². The SMILES string of the molecule is CCC1CCC(CN=C(N)Nc2ccc(OC)c(OC)c2)CC1. The Morgan fingerprint density at radius 3 is 2.39 bits per heavy atom. The Bertz CT molecular complexity index is 523. The molecule has 0 spiro atoms. The van der Waals surface area contributed by atoms with E-state index in [1.54, 1.807) is 14.2 Å². The molecule has 1 saturated carbocycles. The third-order valence-corrected chi connectivity index (χ3v) is 4.72. The molecule has 0 aliphatic heterocycles. The van der Waals surface area contributed by atoms with Gasteiger partial charge in [-0.3, -0.25) is 4.99 Å². The molecule has 0 bridgehead atoms. The van der Waals surface area contributed by atoms with Crippen LogP contribution in [0.15, 0.2) is 23.2 Å². The predicted octanol–water partition coefficient (Wildman–Crippen LogP) is 3.65. The highest BCUT2D eigenvalue weighted by Gasteiger charge is 2.19. The van der Waals surface area contributed by atoms with Crippen LogP contribution in [0.1, 0.15) is 39.0 Å². The molecular weight excluding hydrogens is 290 g/mol. The van der Waals surface area contributed by atoms with Crippen molar-refractivity contribution in [3.63, 3.8) is 0 Å². The fourth-order valence-corrected chi connectivity index (χ4v) is 3.15. The number of nitrogens with two attached hydrogens (primary N) is 1. The molecule has 5 heteroatoms. The molecule has 0 unspecified atom stereocenters. The fraction of sp³-hybridized carbons (Fsp3) is 0.611. The normalized spacial score (nSPS) is 21.8. The highest BCUT2D eigenvalue weighted by molar-refractivity contribution is 5.92. The summed E-state index contributed by atoms with van der Waals surface area (Å²) in [6.07, 6.45) is 6.51. The van der Waals surface area contributed by atoms with Gasteiger partial charge in [0.25, 0.3) is 0 Å². The van der Waals surface area contributed by atoms with E-state index in [1.807, 2.05) is 18.2 Å². The van der Waals surface area contributed by atoms with Crippen molar-refractivity contribution in [2.24, 2.45) is 22.6 Å². The van der Waals surface area contributed by atoms with Gasteiger partial charge >= 0.3 is 0 Å². The monoisotopic (exact) mass is 319 g/mol. The van der Waals surface area contributed by atoms with Crippen LogP contribution in [0.3, 0.4) is 0 Å². The summed E-state index contributed by atoms with van der Waals surface area (Å²) in [6.45, 7) is 3.09. The number of hydrogen-bond acceptors (Lipinski definition) is 3. The van der Waals surface area contributed by atoms with Crippen molar-refractivity contribution in [1.82, 2.24) is 0 Å². The third kappa shape index (κ3) is 5.05. The maximum absolute atomic E-state index is 6.01. The Morgan fingerprint density at radius 2 is 1.78 bits per heavy atom. The number of methoxy groups -OCH3 is 2. The first-order chi connectivity index (χ1) is 11.2. The number of rotatable bonds is 6. The van der Waals surface area contributed by atoms with E-state index in [9.17, 15) is 0 Å². The molecule has 1 aromatic carbocycles. The van der Waals surface area contributed by atoms with Crippen LogP contribution in [0.5, 0.6) is 11.5 Å². The highest BCUT2D eigenvalue weighted by Crippen LogP contribution is 2.31. The van der Waals surface area contributed by atoms with Crippen molar-refractivity contribution in [2.75, 3.05) is 26.1 Å². The lowest BCUT2D eigenvalue weighted by Crippen LogP contribution is -2.25. The summed E-state index contributed by atoms with van der Waals surface area (Å²) in [7, 11) is 3.24. The number of anilines is 1. The molecule has 1 fully saturated rings. The summed E-state index contributed by atoms with van der Waals surface area (Å²) in [5.41, 5.74) is 6.85. The van der Waals surface area contributed by atoms with E-state index in [-0.39, 0.29) is 0 Å². The molecule has 5 nitrogen and oxygen atoms in total. The molecule has 23 heavy (non-hydrogen) atoms. The second-order valence-electron chi connectivity index (χ2n) is 6.22. The van der Waals surface area contributed by atoms with Gasteiger partial charge in [-0.25, -0.2) is 0 Å². The first kappa shape index (κ1) is 17.4. The predicted molar refractivity (Wildman–Crippen MR) is 95.4 cm³/mol. The molecule has 1 aromatic rings. The van der Waals surface area contributed by atoms with Crippen molar-refractivity contribution in [3.05, 3.63) is 18.2 Å². The van der Waals surface area contributed by atoms with E-state index in [4.69, 9.17) is 15.2 Å². The molecule has 1 aliphatic carbocycles. The average Bonchev–Trinajstić information content (AvgIpc) is 2.60. The van der Waals surface area contributed by atoms with Gasteiger partial charge in [-0.1, -0.05) is 26.2 Å². The molecule has 3 N–H and O–H groups in total. The minimum Gasteiger partial charge on any atom is -0.493 e. The molecular formula is C18H29N3O2. The molecule has 0 aromatic heterocycles. The van der Waals surface area contributed by atoms with E-state index in [0.717, 1.165) is 18.2 Å². The summed E-state index contributed by atoms with van der Waals surface area (Å²) >= 11 is 0. The Balaban J connectivity index is 1.87. The van der Waals surface area contributed by atoms with Gasteiger partial charge in [-0.05, 0) is 36.8 Å². The number of benzene rings is 1. The minimum atomic E-state index is 0.454. The Kier molecular flexibility index (Phi) is 6.56. The average molecular weight is 319 g/mol. The van der Waals surface area contributed by atoms with Crippen molar-refractivity contribution in [2.45, 2.75) is 39.0 Å². The minimum absolute atomic E-state index is 0.454. The summed E-state index contributed by atoms with van der Waals surface area (Å²) in [6, 6.07) is 5.60. The molecule has 0 amide bonds. The summed E-state index contributed by atoms with van der Waals surface area (Å²) in [5.74, 6) is 3.40. The van der Waals surface area contributed by atoms with Crippen LogP contribution in [0.25, 0.3) is 0 Å². The highest BCUT2D eigenvalue weighted by atomic mass is 16.5. The first-order valence-electron chi connectivity index (χ1n) is 8.45. The second kappa shape index (κ2) is 8.65. The van der Waals surface area contributed by atoms with Crippen LogP contribution in [0, 0.1) is 11.8 Å². The smallest absolute Gasteiger partial charge is 0.193 e. The summed E-state index contributed by atoms with van der Waals surface area (Å²) in [4.78, 5) is 4.50. The van der Waals surface area contributed by atoms with Crippen LogP contribution in [0.4, 0.5) is 5.69 Å². The molecule has 1 aliphatic rings. The summed E-state index contributed by atoms with van der Waals surface area (Å²) in [5, 5.41) is 3.12. The van der Waals surface area contributed by atoms with Gasteiger partial charge in [0.1, 0.15) is 0 Å². The lowest BCUT2D eigenvalue weighted by atomic mass is 9.81. The van der Waals surface area contributed by atoms with Crippen LogP contribution >= 0.6 is 0 Å². The maximum atomic E-state index is 6.01. The van der Waals surface area contributed by atoms with Crippen molar-refractivity contribution in [1.29, 1.82) is 0 Å². The van der Waals surface area contributed by atoms with E-state index in [0.29, 0.717) is 23.4 Å². The summed E-state index contributed by atoms with van der Waals surface area (Å²) < 4.78 is 10.5. The second-order valence-corrected chi connectivity index (χ2v) is 6.22. The number of aliphatic imine (C=N–C) groups is 1. The molecule has 0 heterocycles. The topological polar surface area (TPSA) is 68.9 Å². The van der Waals surface area contributed by atoms with Crippen LogP contribution in [0.2, 0.25) is 0 Å². The van der Waals surface area contributed by atoms with E-state index in [2.05, 4.69) is 17.2 Å². The van der Waals surface area contributed by atoms with Gasteiger partial charge in [0.15, 0.2) is 17.5 Å². The largest absolute Gasteiger partial charge is 0.493 e. The van der Waals surface area contributed by atoms with Crippen LogP contribution < -0.4 is 20.5 Å². The maximum Gasteiger partial charge on any atom is 0.193 e. The zero-order chi connectivity index (χ0) is 16.7. The van der Waals surface area contributed by atoms with Crippen molar-refractivity contribution in [3.8, 4) is 11.5 Å². The number of nitrogens with zero attached hydrogens (tertiary/aromatic N) is 1. The Hall–Kier alpha value is -1.91. The third-order valence-electron chi connectivity index (χ3n) is 4.72. The van der Waals surface area contributed by atoms with Gasteiger partial charge in [-0.15, -0.1) is 0 Å². The molecule has 128 valence electrons. The fourth-order valence-electron chi connectivity index (χ4n) is 3.15. The standard InChI is InChI=1S/C18H29N3O2/c1-4-13-5-7-14(8-6-13)12-20-18(19)21-15-9-10-16(22-2)17(11-15)23-3/h9-11,13-14H,4-8,12H2,1-3H3,(H3,19,20,21). The number of hydrogen-bond donors (Lipinski definition) is 2. The number of ether oxygens (including phenoxy) is 2. The molecule has 2 rings (SSSR count). The quantitative estimate of drug-likeness (QED) is 0.620. The first-order valence-corrected chi connectivity index (χ1v) is 8.45. The van der Waals surface area contributed by atoms with E-state index < -0.39 is 0 Å². The van der Waals surface area contributed by atoms with Gasteiger partial charge in [0.05, 0.1) is 14.2 Å². The van der Waals surface area contributed by atoms with E-state index in [1.165, 1.54) is 32.1 Å². The van der Waals surface area contributed by atoms with Gasteiger partial charge in [0, 0.05) is 18.3 Å². The zero-order valence-corrected chi connectivity index (χ0v) is 14.5. The Morgan fingerprint density at radius 1 is 1.13 bits per heavy atom. The van der Waals surface area contributed by atoms with Gasteiger partial charge in [0.2, 0.25) is 0 Å². The van der Waals surface area contributed by atoms with Crippen LogP contribution in [-0.2, 0) is 0 Å². The Labute approximate surface area is 139 Å². The van der Waals surface area contributed by atoms with E-state index >= 15 is 0 Å². The lowest BCUT2D eigenvalue weighted by Gasteiger charge is -2.26.